The maximum atomic E-state index is 13.0. The van der Waals surface area contributed by atoms with Gasteiger partial charge in [0, 0.05) is 15.6 Å². The smallest absolute Gasteiger partial charge is 0.392 e. The van der Waals surface area contributed by atoms with Crippen LogP contribution in [0.15, 0.2) is 36.4 Å². The van der Waals surface area contributed by atoms with E-state index in [9.17, 15) is 18.0 Å². The van der Waals surface area contributed by atoms with Crippen molar-refractivity contribution in [2.24, 2.45) is 0 Å². The number of carbonyl (C=O) groups is 1. The lowest BCUT2D eigenvalue weighted by Gasteiger charge is -2.13. The molecule has 0 spiro atoms. The van der Waals surface area contributed by atoms with E-state index in [0.29, 0.717) is 5.56 Å². The molecular weight excluding hydrogens is 420 g/mol. The van der Waals surface area contributed by atoms with Gasteiger partial charge >= 0.3 is 6.18 Å². The van der Waals surface area contributed by atoms with Gasteiger partial charge < -0.3 is 5.11 Å². The largest absolute Gasteiger partial charge is 0.416 e. The lowest BCUT2D eigenvalue weighted by molar-refractivity contribution is -0.138. The minimum absolute atomic E-state index is 0.117. The fourth-order valence-electron chi connectivity index (χ4n) is 2.19. The molecular formula is C17H14F3IO2. The van der Waals surface area contributed by atoms with Gasteiger partial charge in [0.05, 0.1) is 12.2 Å². The third kappa shape index (κ3) is 4.32. The number of benzene rings is 2. The lowest BCUT2D eigenvalue weighted by Crippen LogP contribution is -2.11. The highest BCUT2D eigenvalue weighted by Gasteiger charge is 2.33. The van der Waals surface area contributed by atoms with Crippen LogP contribution >= 0.6 is 22.6 Å². The lowest BCUT2D eigenvalue weighted by atomic mass is 9.98. The molecule has 0 heterocycles. The molecule has 0 radical (unpaired) electrons. The van der Waals surface area contributed by atoms with Crippen molar-refractivity contribution in [3.8, 4) is 0 Å². The Bertz CT molecular complexity index is 739. The van der Waals surface area contributed by atoms with Crippen LogP contribution in [0.1, 0.15) is 32.6 Å². The first-order chi connectivity index (χ1) is 10.7. The van der Waals surface area contributed by atoms with E-state index in [-0.39, 0.29) is 23.3 Å². The average Bonchev–Trinajstić information content (AvgIpc) is 2.49. The fourth-order valence-corrected chi connectivity index (χ4v) is 2.70. The van der Waals surface area contributed by atoms with Crippen molar-refractivity contribution < 1.29 is 23.1 Å². The Kier molecular flexibility index (Phi) is 5.46. The number of alkyl halides is 3. The van der Waals surface area contributed by atoms with E-state index < -0.39 is 18.3 Å². The Morgan fingerprint density at radius 2 is 1.87 bits per heavy atom. The number of ketones is 1. The third-order valence-electron chi connectivity index (χ3n) is 3.51. The average molecular weight is 434 g/mol. The standard InChI is InChI=1S/C17H14F3IO2/c1-10-2-4-12(8-15(10)21)16(23)7-11-3-5-13(9-22)14(6-11)17(18,19)20/h2-6,8,22H,7,9H2,1H3. The zero-order chi connectivity index (χ0) is 17.2. The summed E-state index contributed by atoms with van der Waals surface area (Å²) in [6.45, 7) is 1.22. The number of aliphatic hydroxyl groups excluding tert-OH is 1. The number of Topliss-reactive ketones (excluding diaryl/α,β-unsaturated/α-hetero) is 1. The molecule has 0 atom stereocenters. The minimum Gasteiger partial charge on any atom is -0.392 e. The molecule has 0 unspecified atom stereocenters. The van der Waals surface area contributed by atoms with Gasteiger partial charge in [0.25, 0.3) is 0 Å². The summed E-state index contributed by atoms with van der Waals surface area (Å²) < 4.78 is 39.9. The number of aliphatic hydroxyl groups is 1. The second kappa shape index (κ2) is 7.00. The molecule has 1 N–H and O–H groups in total. The fraction of sp³-hybridized carbons (Fsp3) is 0.235. The minimum atomic E-state index is -4.56. The molecule has 0 aliphatic carbocycles. The highest BCUT2D eigenvalue weighted by molar-refractivity contribution is 14.1. The molecule has 2 aromatic rings. The van der Waals surface area contributed by atoms with E-state index in [1.54, 1.807) is 12.1 Å². The van der Waals surface area contributed by atoms with Crippen LogP contribution in [0.3, 0.4) is 0 Å². The first-order valence-electron chi connectivity index (χ1n) is 6.81. The van der Waals surface area contributed by atoms with Gasteiger partial charge in [-0.1, -0.05) is 24.3 Å². The summed E-state index contributed by atoms with van der Waals surface area (Å²) in [6, 6.07) is 8.80. The van der Waals surface area contributed by atoms with Crippen molar-refractivity contribution >= 4 is 28.4 Å². The first kappa shape index (κ1) is 17.9. The van der Waals surface area contributed by atoms with Crippen LogP contribution in [0.4, 0.5) is 13.2 Å². The van der Waals surface area contributed by atoms with Gasteiger partial charge in [0.15, 0.2) is 5.78 Å². The van der Waals surface area contributed by atoms with Crippen molar-refractivity contribution in [1.29, 1.82) is 0 Å². The predicted octanol–water partition coefficient (Wildman–Crippen LogP) is 4.54. The van der Waals surface area contributed by atoms with E-state index in [4.69, 9.17) is 5.11 Å². The molecule has 2 nitrogen and oxygen atoms in total. The van der Waals surface area contributed by atoms with Crippen LogP contribution in [0.2, 0.25) is 0 Å². The van der Waals surface area contributed by atoms with Crippen LogP contribution in [0.25, 0.3) is 0 Å². The summed E-state index contributed by atoms with van der Waals surface area (Å²) in [4.78, 5) is 12.3. The van der Waals surface area contributed by atoms with Gasteiger partial charge in [0.2, 0.25) is 0 Å². The number of carbonyl (C=O) groups excluding carboxylic acids is 1. The summed E-state index contributed by atoms with van der Waals surface area (Å²) in [5, 5.41) is 9.02. The van der Waals surface area contributed by atoms with Gasteiger partial charge in [-0.15, -0.1) is 0 Å². The normalized spacial score (nSPS) is 11.6. The Morgan fingerprint density at radius 3 is 2.43 bits per heavy atom. The summed E-state index contributed by atoms with van der Waals surface area (Å²) in [5.74, 6) is -0.243. The van der Waals surface area contributed by atoms with Crippen molar-refractivity contribution in [2.75, 3.05) is 0 Å². The van der Waals surface area contributed by atoms with Gasteiger partial charge in [0.1, 0.15) is 0 Å². The summed E-state index contributed by atoms with van der Waals surface area (Å²) in [6.07, 6.45) is -4.68. The second-order valence-corrected chi connectivity index (χ2v) is 6.37. The molecule has 0 fully saturated rings. The van der Waals surface area contributed by atoms with E-state index in [1.807, 2.05) is 13.0 Å². The highest BCUT2D eigenvalue weighted by Crippen LogP contribution is 2.33. The summed E-state index contributed by atoms with van der Waals surface area (Å²) >= 11 is 2.11. The van der Waals surface area contributed by atoms with Crippen LogP contribution in [-0.2, 0) is 19.2 Å². The van der Waals surface area contributed by atoms with Crippen molar-refractivity contribution in [3.05, 3.63) is 67.8 Å². The number of rotatable bonds is 4. The first-order valence-corrected chi connectivity index (χ1v) is 7.89. The second-order valence-electron chi connectivity index (χ2n) is 5.21. The quantitative estimate of drug-likeness (QED) is 0.567. The molecule has 0 aromatic heterocycles. The van der Waals surface area contributed by atoms with E-state index in [0.717, 1.165) is 15.2 Å². The van der Waals surface area contributed by atoms with Crippen molar-refractivity contribution in [3.63, 3.8) is 0 Å². The molecule has 0 saturated heterocycles. The number of hydrogen-bond donors (Lipinski definition) is 1. The van der Waals surface area contributed by atoms with E-state index >= 15 is 0 Å². The molecule has 0 saturated carbocycles. The van der Waals surface area contributed by atoms with Gasteiger partial charge in [-0.25, -0.2) is 0 Å². The van der Waals surface area contributed by atoms with E-state index in [2.05, 4.69) is 22.6 Å². The van der Waals surface area contributed by atoms with Crippen molar-refractivity contribution in [2.45, 2.75) is 26.1 Å². The van der Waals surface area contributed by atoms with Crippen LogP contribution in [0, 0.1) is 10.5 Å². The monoisotopic (exact) mass is 434 g/mol. The van der Waals surface area contributed by atoms with Gasteiger partial charge in [-0.2, -0.15) is 13.2 Å². The molecule has 122 valence electrons. The molecule has 2 rings (SSSR count). The maximum Gasteiger partial charge on any atom is 0.416 e. The van der Waals surface area contributed by atoms with Gasteiger partial charge in [-0.3, -0.25) is 4.79 Å². The molecule has 0 aliphatic heterocycles. The Labute approximate surface area is 145 Å². The Morgan fingerprint density at radius 1 is 1.17 bits per heavy atom. The molecule has 2 aromatic carbocycles. The highest BCUT2D eigenvalue weighted by atomic mass is 127. The molecule has 6 heteroatoms. The SMILES string of the molecule is Cc1ccc(C(=O)Cc2ccc(CO)c(C(F)(F)F)c2)cc1I. The zero-order valence-corrected chi connectivity index (χ0v) is 14.4. The zero-order valence-electron chi connectivity index (χ0n) is 12.2. The van der Waals surface area contributed by atoms with E-state index in [1.165, 1.54) is 12.1 Å². The van der Waals surface area contributed by atoms with Crippen molar-refractivity contribution in [1.82, 2.24) is 0 Å². The third-order valence-corrected chi connectivity index (χ3v) is 4.67. The predicted molar refractivity (Wildman–Crippen MR) is 89.3 cm³/mol. The number of aryl methyl sites for hydroxylation is 1. The van der Waals surface area contributed by atoms with Crippen LogP contribution < -0.4 is 0 Å². The summed E-state index contributed by atoms with van der Waals surface area (Å²) in [7, 11) is 0. The van der Waals surface area contributed by atoms with Crippen LogP contribution in [-0.4, -0.2) is 10.9 Å². The molecule has 23 heavy (non-hydrogen) atoms. The molecule has 0 amide bonds. The number of hydrogen-bond acceptors (Lipinski definition) is 2. The Hall–Kier alpha value is -1.41. The molecule has 0 aliphatic rings. The topological polar surface area (TPSA) is 37.3 Å². The van der Waals surface area contributed by atoms with Gasteiger partial charge in [-0.05, 0) is 58.3 Å². The summed E-state index contributed by atoms with van der Waals surface area (Å²) in [5.41, 5.74) is 0.686. The number of halogens is 4. The van der Waals surface area contributed by atoms with Crippen LogP contribution in [0.5, 0.6) is 0 Å². The Balaban J connectivity index is 2.29. The maximum absolute atomic E-state index is 13.0. The molecule has 0 bridgehead atoms.